The minimum Gasteiger partial charge on any atom is -0.508 e. The molecule has 0 fully saturated rings. The maximum absolute atomic E-state index is 14.0. The third kappa shape index (κ3) is 30.8. The highest BCUT2D eigenvalue weighted by Crippen LogP contribution is 2.54. The Kier molecular flexibility index (Phi) is 40.8. The van der Waals surface area contributed by atoms with Gasteiger partial charge in [-0.05, 0) is 268 Å². The normalized spacial score (nSPS) is 13.6. The second-order valence-corrected chi connectivity index (χ2v) is 38.7. The van der Waals surface area contributed by atoms with Crippen LogP contribution < -0.4 is 44.8 Å². The van der Waals surface area contributed by atoms with Crippen molar-refractivity contribution in [3.63, 3.8) is 0 Å². The molecule has 4 amide bonds. The standard InChI is InChI=1S/C35H40N2O4.2C29H36N2O4.C28H34N2O4/c1-24(2)11-8-12-25(3)13-9-14-26(4)19-20-36-30-21-28(38)22-32(40)34(30)37(23-27-15-6-5-7-16-27)33-29(35(36)41)17-10-18-31(33)39;1-19(2)9-6-10-20(3)11-7-12-21(4)15-16-31-24-17-22(32)18-25(33)28(24)30-27-23(29(31)34)13-8-14-26(27)35-5;1-19(2)9-6-10-20(3)11-7-12-21(4)15-16-31-24-17-22(32)18-26(34)28(24)30(5)27-23(29(31)35)13-8-14-25(27)33;1-18(2)8-5-9-19(3)10-6-11-20(4)14-15-30-23-16-21(31)17-25(33)27(23)29-26-22(28(30)34)12-7-13-24(26)32/h5-7,10-11,13,15-19,21-22,38-40H,8-9,12,14,20,23H2,1-4H3;8-9,11,13-15,17-18,30,32-33H,6-7,10,12,16H2,1-5H3;8-9,11,13-15,17-18,32-34H,6-7,10,12,16H2,1-5H3;7-8,10,12-14,16-17,29,31-33H,5-6,9,11,15H2,1-4H3/b25-13+,26-19+;2*20-11+,21-15+;19-10+,20-14+. The van der Waals surface area contributed by atoms with Crippen LogP contribution in [0.4, 0.5) is 68.2 Å². The number of nitrogens with one attached hydrogen (secondary N) is 2. The molecule has 24 nitrogen and oxygen atoms in total. The van der Waals surface area contributed by atoms with Crippen molar-refractivity contribution in [2.24, 2.45) is 0 Å². The van der Waals surface area contributed by atoms with Crippen molar-refractivity contribution in [3.05, 3.63) is 319 Å². The predicted octanol–water partition coefficient (Wildman–Crippen LogP) is 29.6. The molecule has 0 bridgehead atoms. The lowest BCUT2D eigenvalue weighted by atomic mass is 10.1. The van der Waals surface area contributed by atoms with E-state index in [1.165, 1.54) is 134 Å². The summed E-state index contributed by atoms with van der Waals surface area (Å²) in [6.45, 7) is 35.2. The number of methoxy groups -OCH3 is 1. The number of allylic oxidation sites excluding steroid dienone is 20. The topological polar surface area (TPSA) is 344 Å². The van der Waals surface area contributed by atoms with Crippen molar-refractivity contribution in [3.8, 4) is 69.0 Å². The number of nitrogens with zero attached hydrogens (tertiary/aromatic N) is 6. The van der Waals surface area contributed by atoms with Gasteiger partial charge in [-0.15, -0.1) is 0 Å². The quantitative estimate of drug-likeness (QED) is 0.00997. The molecule has 4 aliphatic heterocycles. The number of amides is 4. The number of benzene rings is 9. The zero-order valence-corrected chi connectivity index (χ0v) is 87.4. The molecule has 4 heterocycles. The molecule has 766 valence electrons. The average Bonchev–Trinajstić information content (AvgIpc) is 1.61. The number of hydrogen-bond acceptors (Lipinski definition) is 20. The van der Waals surface area contributed by atoms with E-state index >= 15 is 0 Å². The van der Waals surface area contributed by atoms with Crippen molar-refractivity contribution in [1.29, 1.82) is 0 Å². The third-order valence-electron chi connectivity index (χ3n) is 25.5. The molecule has 0 spiro atoms. The summed E-state index contributed by atoms with van der Waals surface area (Å²) in [5.74, 6) is -2.21. The van der Waals surface area contributed by atoms with Gasteiger partial charge < -0.3 is 101 Å². The van der Waals surface area contributed by atoms with E-state index in [4.69, 9.17) is 4.74 Å². The van der Waals surface area contributed by atoms with Gasteiger partial charge >= 0.3 is 0 Å². The van der Waals surface area contributed by atoms with Crippen molar-refractivity contribution in [2.75, 3.05) is 80.4 Å². The number of carbonyl (C=O) groups excluding carboxylic acids is 4. The van der Waals surface area contributed by atoms with Gasteiger partial charge in [-0.25, -0.2) is 0 Å². The second-order valence-electron chi connectivity index (χ2n) is 38.7. The van der Waals surface area contributed by atoms with E-state index in [1.54, 1.807) is 81.2 Å². The number of rotatable bonds is 35. The van der Waals surface area contributed by atoms with Crippen molar-refractivity contribution >= 4 is 91.9 Å². The molecule has 24 heteroatoms. The number of phenolic OH excluding ortho intramolecular Hbond substituents is 11. The minimum atomic E-state index is -0.332. The van der Waals surface area contributed by atoms with Crippen LogP contribution in [0.3, 0.4) is 0 Å². The number of aromatic hydroxyl groups is 11. The molecule has 0 saturated heterocycles. The number of carbonyl (C=O) groups is 4. The zero-order chi connectivity index (χ0) is 106. The molecular weight excluding hydrogens is 1820 g/mol. The maximum atomic E-state index is 14.0. The lowest BCUT2D eigenvalue weighted by molar-refractivity contribution is 0.0983. The van der Waals surface area contributed by atoms with Crippen LogP contribution in [-0.2, 0) is 6.54 Å². The largest absolute Gasteiger partial charge is 0.508 e. The molecular formula is C121H146N8O16. The van der Waals surface area contributed by atoms with Gasteiger partial charge in [0.15, 0.2) is 0 Å². The molecule has 13 rings (SSSR count). The van der Waals surface area contributed by atoms with Gasteiger partial charge in [0.2, 0.25) is 0 Å². The number of anilines is 12. The first-order valence-electron chi connectivity index (χ1n) is 49.7. The van der Waals surface area contributed by atoms with Crippen LogP contribution in [0.2, 0.25) is 0 Å². The number of fused-ring (bicyclic) bond motifs is 8. The zero-order valence-electron chi connectivity index (χ0n) is 87.4. The molecule has 145 heavy (non-hydrogen) atoms. The van der Waals surface area contributed by atoms with Crippen molar-refractivity contribution < 1.29 is 80.1 Å². The molecule has 0 aromatic heterocycles. The summed E-state index contributed by atoms with van der Waals surface area (Å²) in [5.41, 5.74) is 21.9. The molecule has 0 aliphatic carbocycles. The Morgan fingerprint density at radius 3 is 0.938 bits per heavy atom. The van der Waals surface area contributed by atoms with Gasteiger partial charge in [-0.3, -0.25) is 19.2 Å². The average molecular weight is 1970 g/mol. The number of hydrogen-bond donors (Lipinski definition) is 13. The summed E-state index contributed by atoms with van der Waals surface area (Å²) in [7, 11) is 3.21. The Morgan fingerprint density at radius 2 is 0.559 bits per heavy atom. The first-order chi connectivity index (χ1) is 69.1. The van der Waals surface area contributed by atoms with E-state index in [-0.39, 0.29) is 123 Å². The second kappa shape index (κ2) is 53.0. The maximum Gasteiger partial charge on any atom is 0.260 e. The Labute approximate surface area is 855 Å². The van der Waals surface area contributed by atoms with Gasteiger partial charge in [0, 0.05) is 88.3 Å². The van der Waals surface area contributed by atoms with Crippen LogP contribution >= 0.6 is 0 Å². The highest BCUT2D eigenvalue weighted by molar-refractivity contribution is 6.19. The van der Waals surface area contributed by atoms with Gasteiger partial charge in [0.25, 0.3) is 23.6 Å². The number of phenols is 11. The summed E-state index contributed by atoms with van der Waals surface area (Å²) in [6.07, 6.45) is 41.8. The van der Waals surface area contributed by atoms with E-state index in [0.29, 0.717) is 92.4 Å². The molecule has 0 unspecified atom stereocenters. The van der Waals surface area contributed by atoms with E-state index in [9.17, 15) is 75.3 Å². The summed E-state index contributed by atoms with van der Waals surface area (Å²) in [6, 6.07) is 40.1. The van der Waals surface area contributed by atoms with Gasteiger partial charge in [-0.2, -0.15) is 0 Å². The van der Waals surface area contributed by atoms with Gasteiger partial charge in [0.1, 0.15) is 91.7 Å². The van der Waals surface area contributed by atoms with E-state index < -0.39 is 0 Å². The first-order valence-corrected chi connectivity index (χ1v) is 49.7. The fourth-order valence-corrected chi connectivity index (χ4v) is 17.5. The highest BCUT2D eigenvalue weighted by Gasteiger charge is 2.38. The van der Waals surface area contributed by atoms with Crippen molar-refractivity contribution in [1.82, 2.24) is 0 Å². The highest BCUT2D eigenvalue weighted by atomic mass is 16.5. The Hall–Kier alpha value is -15.5. The molecule has 9 aromatic rings. The van der Waals surface area contributed by atoms with E-state index in [1.807, 2.05) is 68.5 Å². The number of para-hydroxylation sites is 4. The Bertz CT molecular complexity index is 6560. The van der Waals surface area contributed by atoms with Crippen LogP contribution in [-0.4, -0.2) is 120 Å². The fourth-order valence-electron chi connectivity index (χ4n) is 17.5. The molecule has 0 saturated carbocycles. The monoisotopic (exact) mass is 1970 g/mol. The molecule has 0 radical (unpaired) electrons. The van der Waals surface area contributed by atoms with Crippen LogP contribution in [0.5, 0.6) is 69.0 Å². The van der Waals surface area contributed by atoms with Crippen LogP contribution in [0.25, 0.3) is 0 Å². The van der Waals surface area contributed by atoms with Gasteiger partial charge in [0.05, 0.1) is 74.9 Å². The molecule has 9 aromatic carbocycles. The SMILES string of the molecule is CC(C)=CCC/C(C)=C/CC/C(C)=C/CN1C(=O)c2cccc(O)c2N(C)c2c(O)cc(O)cc21.CC(C)=CCC/C(C)=C/CC/C(C)=C/CN1C(=O)c2cccc(O)c2N(Cc2ccccc2)c2c(O)cc(O)cc21.CC(C)=CCC/C(C)=C/CC/C(C)=C/CN1C(=O)c2cccc(O)c2Nc2c(O)cc(O)cc21.COc1cccc2c1Nc1c(O)cc(O)cc1N(C/C=C(\C)CC/C=C(\C)CCC=C(C)C)C2=O. The lowest BCUT2D eigenvalue weighted by Crippen LogP contribution is -2.30. The molecule has 13 N–H and O–H groups in total. The smallest absolute Gasteiger partial charge is 0.260 e. The molecule has 0 atom stereocenters. The predicted molar refractivity (Wildman–Crippen MR) is 592 cm³/mol. The van der Waals surface area contributed by atoms with E-state index in [0.717, 1.165) is 125 Å². The van der Waals surface area contributed by atoms with Crippen LogP contribution in [0.1, 0.15) is 261 Å². The first kappa shape index (κ1) is 112. The minimum absolute atomic E-state index is 0.0582. The van der Waals surface area contributed by atoms with Gasteiger partial charge in [-0.1, -0.05) is 194 Å². The van der Waals surface area contributed by atoms with Crippen molar-refractivity contribution in [2.45, 2.75) is 220 Å². The Balaban J connectivity index is 0.000000199. The number of ether oxygens (including phenoxy) is 1. The summed E-state index contributed by atoms with van der Waals surface area (Å²) in [4.78, 5) is 64.1. The Morgan fingerprint density at radius 1 is 0.269 bits per heavy atom. The molecule has 4 aliphatic rings. The summed E-state index contributed by atoms with van der Waals surface area (Å²) < 4.78 is 5.44. The third-order valence-corrected chi connectivity index (χ3v) is 25.5. The lowest BCUT2D eigenvalue weighted by Gasteiger charge is -2.28. The van der Waals surface area contributed by atoms with E-state index in [2.05, 4.69) is 156 Å². The van der Waals surface area contributed by atoms with Crippen LogP contribution in [0, 0.1) is 0 Å². The van der Waals surface area contributed by atoms with Crippen LogP contribution in [0.15, 0.2) is 291 Å². The summed E-state index contributed by atoms with van der Waals surface area (Å²) in [5, 5.41) is 122. The summed E-state index contributed by atoms with van der Waals surface area (Å²) >= 11 is 0. The fraction of sp³-hybridized carbons (Fsp3) is 0.322.